The highest BCUT2D eigenvalue weighted by Crippen LogP contribution is 2.08. The minimum atomic E-state index is -1.35. The summed E-state index contributed by atoms with van der Waals surface area (Å²) in [7, 11) is 0. The van der Waals surface area contributed by atoms with Crippen molar-refractivity contribution in [1.29, 1.82) is 0 Å². The number of hydrogen-bond donors (Lipinski definition) is 9. The Balaban J connectivity index is 5.38. The first kappa shape index (κ1) is 31.9. The highest BCUT2D eigenvalue weighted by Gasteiger charge is 2.30. The van der Waals surface area contributed by atoms with Crippen molar-refractivity contribution in [2.24, 2.45) is 28.1 Å². The molecule has 0 saturated carbocycles. The number of amides is 3. The Morgan fingerprint density at radius 3 is 1.91 bits per heavy atom. The smallest absolute Gasteiger partial charge is 0.327 e. The van der Waals surface area contributed by atoms with Gasteiger partial charge in [-0.05, 0) is 31.6 Å². The van der Waals surface area contributed by atoms with Gasteiger partial charge in [0.25, 0.3) is 0 Å². The molecule has 0 spiro atoms. The topological polar surface area (TPSA) is 252 Å². The third-order valence-electron chi connectivity index (χ3n) is 4.72. The summed E-state index contributed by atoms with van der Waals surface area (Å²) >= 11 is 3.86. The molecule has 0 aliphatic rings. The van der Waals surface area contributed by atoms with Gasteiger partial charge < -0.3 is 43.4 Å². The largest absolute Gasteiger partial charge is 0.481 e. The molecule has 3 amide bonds. The van der Waals surface area contributed by atoms with E-state index in [9.17, 15) is 24.0 Å². The summed E-state index contributed by atoms with van der Waals surface area (Å²) in [5, 5.41) is 25.3. The SMILES string of the molecule is CC(C)CC(NC(=O)C(N)CCCN=C(N)N)C(=O)NC(CCC(=O)O)C(=O)NC(CS)C(=O)O. The standard InChI is InChI=1S/C20H37N7O7S/c1-10(2)8-13(26-16(30)11(21)4-3-7-24-20(22)23)18(32)25-12(5-6-15(28)29)17(31)27-14(9-35)19(33)34/h10-14,35H,3-9,21H2,1-2H3,(H,25,32)(H,26,30)(H,27,31)(H,28,29)(H,33,34)(H4,22,23,24). The number of nitrogens with zero attached hydrogens (tertiary/aromatic N) is 1. The third-order valence-corrected chi connectivity index (χ3v) is 5.09. The molecular formula is C20H37N7O7S. The van der Waals surface area contributed by atoms with Gasteiger partial charge in [-0.2, -0.15) is 12.6 Å². The Morgan fingerprint density at radius 2 is 1.43 bits per heavy atom. The van der Waals surface area contributed by atoms with E-state index in [4.69, 9.17) is 27.4 Å². The molecule has 0 rings (SSSR count). The van der Waals surface area contributed by atoms with Crippen LogP contribution in [0.2, 0.25) is 0 Å². The van der Waals surface area contributed by atoms with Crippen LogP contribution in [-0.4, -0.2) is 82.3 Å². The molecule has 200 valence electrons. The molecule has 15 heteroatoms. The minimum absolute atomic E-state index is 0.0315. The first-order valence-electron chi connectivity index (χ1n) is 11.1. The van der Waals surface area contributed by atoms with Crippen LogP contribution < -0.4 is 33.2 Å². The molecule has 0 aromatic heterocycles. The van der Waals surface area contributed by atoms with Gasteiger partial charge in [0, 0.05) is 18.7 Å². The second-order valence-electron chi connectivity index (χ2n) is 8.32. The minimum Gasteiger partial charge on any atom is -0.481 e. The van der Waals surface area contributed by atoms with Crippen LogP contribution in [0.3, 0.4) is 0 Å². The molecule has 0 aromatic carbocycles. The van der Waals surface area contributed by atoms with Crippen molar-refractivity contribution in [3.05, 3.63) is 0 Å². The molecule has 35 heavy (non-hydrogen) atoms. The fourth-order valence-electron chi connectivity index (χ4n) is 2.90. The fourth-order valence-corrected chi connectivity index (χ4v) is 3.15. The molecule has 0 aliphatic heterocycles. The summed E-state index contributed by atoms with van der Waals surface area (Å²) in [6.45, 7) is 3.92. The van der Waals surface area contributed by atoms with Crippen LogP contribution in [0.15, 0.2) is 4.99 Å². The molecule has 0 aliphatic carbocycles. The van der Waals surface area contributed by atoms with Crippen LogP contribution in [0.25, 0.3) is 0 Å². The highest BCUT2D eigenvalue weighted by molar-refractivity contribution is 7.80. The second kappa shape index (κ2) is 16.5. The molecule has 0 aromatic rings. The van der Waals surface area contributed by atoms with E-state index in [1.54, 1.807) is 0 Å². The zero-order valence-corrected chi connectivity index (χ0v) is 20.8. The molecule has 0 fully saturated rings. The van der Waals surface area contributed by atoms with Gasteiger partial charge in [0.15, 0.2) is 5.96 Å². The normalized spacial score (nSPS) is 14.2. The first-order valence-corrected chi connectivity index (χ1v) is 11.7. The average molecular weight is 520 g/mol. The third kappa shape index (κ3) is 14.0. The number of carbonyl (C=O) groups is 5. The van der Waals surface area contributed by atoms with E-state index in [2.05, 4.69) is 33.6 Å². The molecule has 14 nitrogen and oxygen atoms in total. The number of aliphatic imine (C=N–C) groups is 1. The first-order chi connectivity index (χ1) is 16.3. The van der Waals surface area contributed by atoms with Crippen LogP contribution in [0.1, 0.15) is 46.0 Å². The summed E-state index contributed by atoms with van der Waals surface area (Å²) < 4.78 is 0. The average Bonchev–Trinajstić information content (AvgIpc) is 2.75. The maximum absolute atomic E-state index is 12.9. The summed E-state index contributed by atoms with van der Waals surface area (Å²) in [6, 6.07) is -4.69. The lowest BCUT2D eigenvalue weighted by Crippen LogP contribution is -2.57. The van der Waals surface area contributed by atoms with Gasteiger partial charge in [-0.25, -0.2) is 4.79 Å². The monoisotopic (exact) mass is 519 g/mol. The Hall–Kier alpha value is -3.07. The maximum atomic E-state index is 12.9. The maximum Gasteiger partial charge on any atom is 0.327 e. The van der Waals surface area contributed by atoms with Gasteiger partial charge >= 0.3 is 11.9 Å². The number of nitrogens with two attached hydrogens (primary N) is 3. The van der Waals surface area contributed by atoms with E-state index in [1.165, 1.54) is 0 Å². The number of carboxylic acids is 2. The molecule has 4 atom stereocenters. The Labute approximate surface area is 209 Å². The van der Waals surface area contributed by atoms with Crippen molar-refractivity contribution >= 4 is 48.2 Å². The van der Waals surface area contributed by atoms with Gasteiger partial charge in [0.1, 0.15) is 18.1 Å². The predicted molar refractivity (Wildman–Crippen MR) is 131 cm³/mol. The van der Waals surface area contributed by atoms with Crippen molar-refractivity contribution in [1.82, 2.24) is 16.0 Å². The lowest BCUT2D eigenvalue weighted by atomic mass is 10.0. The van der Waals surface area contributed by atoms with E-state index in [0.717, 1.165) is 0 Å². The van der Waals surface area contributed by atoms with Crippen LogP contribution in [-0.2, 0) is 24.0 Å². The van der Waals surface area contributed by atoms with E-state index in [0.29, 0.717) is 6.42 Å². The lowest BCUT2D eigenvalue weighted by Gasteiger charge is -2.25. The zero-order chi connectivity index (χ0) is 27.1. The number of hydrogen-bond acceptors (Lipinski definition) is 8. The van der Waals surface area contributed by atoms with Gasteiger partial charge in [-0.1, -0.05) is 13.8 Å². The molecule has 11 N–H and O–H groups in total. The summed E-state index contributed by atoms with van der Waals surface area (Å²) in [5.74, 6) is -5.08. The number of guanidine groups is 1. The van der Waals surface area contributed by atoms with E-state index in [1.807, 2.05) is 13.8 Å². The van der Waals surface area contributed by atoms with Gasteiger partial charge in [0.2, 0.25) is 17.7 Å². The Kier molecular flexibility index (Phi) is 15.1. The van der Waals surface area contributed by atoms with Gasteiger partial charge in [-0.3, -0.25) is 24.2 Å². The Morgan fingerprint density at radius 1 is 0.886 bits per heavy atom. The number of carboxylic acid groups (broad SMARTS) is 2. The van der Waals surface area contributed by atoms with Crippen LogP contribution in [0.4, 0.5) is 0 Å². The number of rotatable bonds is 17. The zero-order valence-electron chi connectivity index (χ0n) is 19.9. The van der Waals surface area contributed by atoms with Crippen molar-refractivity contribution < 1.29 is 34.2 Å². The van der Waals surface area contributed by atoms with Crippen LogP contribution in [0, 0.1) is 5.92 Å². The van der Waals surface area contributed by atoms with Crippen molar-refractivity contribution in [3.8, 4) is 0 Å². The van der Waals surface area contributed by atoms with Crippen molar-refractivity contribution in [3.63, 3.8) is 0 Å². The molecule has 0 saturated heterocycles. The summed E-state index contributed by atoms with van der Waals surface area (Å²) in [5.41, 5.74) is 16.4. The predicted octanol–water partition coefficient (Wildman–Crippen LogP) is -2.25. The quantitative estimate of drug-likeness (QED) is 0.0431. The van der Waals surface area contributed by atoms with Gasteiger partial charge in [0.05, 0.1) is 6.04 Å². The molecular weight excluding hydrogens is 482 g/mol. The number of nitrogens with one attached hydrogen (secondary N) is 3. The highest BCUT2D eigenvalue weighted by atomic mass is 32.1. The van der Waals surface area contributed by atoms with Crippen molar-refractivity contribution in [2.45, 2.75) is 70.1 Å². The number of aliphatic carboxylic acids is 2. The Bertz CT molecular complexity index is 775. The molecule has 0 radical (unpaired) electrons. The van der Waals surface area contributed by atoms with Crippen LogP contribution in [0.5, 0.6) is 0 Å². The van der Waals surface area contributed by atoms with E-state index in [-0.39, 0.29) is 43.4 Å². The molecule has 0 bridgehead atoms. The second-order valence-corrected chi connectivity index (χ2v) is 8.69. The summed E-state index contributed by atoms with van der Waals surface area (Å²) in [4.78, 5) is 64.1. The molecule has 0 heterocycles. The summed E-state index contributed by atoms with van der Waals surface area (Å²) in [6.07, 6.45) is 0.140. The fraction of sp³-hybridized carbons (Fsp3) is 0.700. The van der Waals surface area contributed by atoms with Crippen molar-refractivity contribution in [2.75, 3.05) is 12.3 Å². The van der Waals surface area contributed by atoms with E-state index < -0.39 is 60.2 Å². The molecule has 4 unspecified atom stereocenters. The van der Waals surface area contributed by atoms with E-state index >= 15 is 0 Å². The number of thiol groups is 1. The van der Waals surface area contributed by atoms with Crippen LogP contribution >= 0.6 is 12.6 Å². The van der Waals surface area contributed by atoms with Gasteiger partial charge in [-0.15, -0.1) is 0 Å². The lowest BCUT2D eigenvalue weighted by molar-refractivity contribution is -0.142. The number of carbonyl (C=O) groups excluding carboxylic acids is 3.